The van der Waals surface area contributed by atoms with Gasteiger partial charge in [-0.25, -0.2) is 0 Å². The number of morpholine rings is 1. The predicted octanol–water partition coefficient (Wildman–Crippen LogP) is 2.03. The second kappa shape index (κ2) is 6.37. The van der Waals surface area contributed by atoms with Crippen molar-refractivity contribution in [3.63, 3.8) is 0 Å². The van der Waals surface area contributed by atoms with E-state index in [1.165, 1.54) is 5.56 Å². The number of aliphatic hydroxyl groups is 1. The maximum Gasteiger partial charge on any atom is 0.254 e. The lowest BCUT2D eigenvalue weighted by Crippen LogP contribution is -2.50. The van der Waals surface area contributed by atoms with E-state index in [0.717, 1.165) is 0 Å². The topological polar surface area (TPSA) is 49.8 Å². The van der Waals surface area contributed by atoms with Gasteiger partial charge in [0.2, 0.25) is 0 Å². The largest absolute Gasteiger partial charge is 0.394 e. The molecule has 1 N–H and O–H groups in total. The van der Waals surface area contributed by atoms with Crippen molar-refractivity contribution in [1.82, 2.24) is 4.90 Å². The summed E-state index contributed by atoms with van der Waals surface area (Å²) >= 11 is 0. The van der Waals surface area contributed by atoms with Gasteiger partial charge in [0, 0.05) is 18.7 Å². The van der Waals surface area contributed by atoms with Gasteiger partial charge in [-0.05, 0) is 30.5 Å². The molecular formula is C16H23NO3. The van der Waals surface area contributed by atoms with Crippen LogP contribution in [0.5, 0.6) is 0 Å². The summed E-state index contributed by atoms with van der Waals surface area (Å²) < 4.78 is 5.56. The molecule has 0 spiro atoms. The van der Waals surface area contributed by atoms with E-state index >= 15 is 0 Å². The molecule has 1 amide bonds. The molecule has 2 rings (SSSR count). The van der Waals surface area contributed by atoms with Crippen LogP contribution in [0.4, 0.5) is 0 Å². The predicted molar refractivity (Wildman–Crippen MR) is 77.9 cm³/mol. The van der Waals surface area contributed by atoms with Crippen LogP contribution in [-0.4, -0.2) is 47.8 Å². The maximum atomic E-state index is 12.5. The first kappa shape index (κ1) is 15.0. The van der Waals surface area contributed by atoms with E-state index in [0.29, 0.717) is 24.6 Å². The van der Waals surface area contributed by atoms with Crippen LogP contribution in [0.2, 0.25) is 0 Å². The van der Waals surface area contributed by atoms with E-state index in [9.17, 15) is 9.90 Å². The third kappa shape index (κ3) is 3.38. The van der Waals surface area contributed by atoms with E-state index in [-0.39, 0.29) is 24.7 Å². The van der Waals surface area contributed by atoms with Gasteiger partial charge in [-0.15, -0.1) is 0 Å². The average molecular weight is 277 g/mol. The number of ether oxygens (including phenoxy) is 1. The minimum Gasteiger partial charge on any atom is -0.394 e. The number of hydrogen-bond donors (Lipinski definition) is 1. The van der Waals surface area contributed by atoms with Crippen LogP contribution < -0.4 is 0 Å². The number of hydrogen-bond acceptors (Lipinski definition) is 3. The summed E-state index contributed by atoms with van der Waals surface area (Å²) in [5.74, 6) is 0.468. The first-order valence-electron chi connectivity index (χ1n) is 7.16. The molecular weight excluding hydrogens is 254 g/mol. The Morgan fingerprint density at radius 2 is 2.00 bits per heavy atom. The molecule has 0 aliphatic carbocycles. The standard InChI is InChI=1S/C16H23NO3/c1-11(2)13-4-6-14(7-5-13)16(19)17-8-12(3)20-15(9-17)10-18/h4-7,11-12,15,18H,8-10H2,1-3H3. The van der Waals surface area contributed by atoms with Crippen molar-refractivity contribution in [2.75, 3.05) is 19.7 Å². The Kier molecular flexibility index (Phi) is 4.78. The maximum absolute atomic E-state index is 12.5. The van der Waals surface area contributed by atoms with Crippen molar-refractivity contribution < 1.29 is 14.6 Å². The van der Waals surface area contributed by atoms with Crippen LogP contribution >= 0.6 is 0 Å². The number of aliphatic hydroxyl groups excluding tert-OH is 1. The molecule has 1 saturated heterocycles. The van der Waals surface area contributed by atoms with Gasteiger partial charge in [0.15, 0.2) is 0 Å². The van der Waals surface area contributed by atoms with Crippen molar-refractivity contribution in [3.8, 4) is 0 Å². The van der Waals surface area contributed by atoms with Crippen molar-refractivity contribution in [1.29, 1.82) is 0 Å². The summed E-state index contributed by atoms with van der Waals surface area (Å²) in [4.78, 5) is 14.2. The highest BCUT2D eigenvalue weighted by Gasteiger charge is 2.28. The Balaban J connectivity index is 2.10. The lowest BCUT2D eigenvalue weighted by atomic mass is 10.0. The number of rotatable bonds is 3. The highest BCUT2D eigenvalue weighted by atomic mass is 16.5. The second-order valence-electron chi connectivity index (χ2n) is 5.74. The quantitative estimate of drug-likeness (QED) is 0.919. The van der Waals surface area contributed by atoms with Gasteiger partial charge < -0.3 is 14.7 Å². The van der Waals surface area contributed by atoms with Crippen LogP contribution in [0.3, 0.4) is 0 Å². The van der Waals surface area contributed by atoms with Gasteiger partial charge in [0.25, 0.3) is 5.91 Å². The molecule has 2 atom stereocenters. The fourth-order valence-electron chi connectivity index (χ4n) is 2.51. The molecule has 0 radical (unpaired) electrons. The number of amides is 1. The third-order valence-electron chi connectivity index (χ3n) is 3.64. The monoisotopic (exact) mass is 277 g/mol. The molecule has 0 aromatic heterocycles. The van der Waals surface area contributed by atoms with Crippen LogP contribution in [-0.2, 0) is 4.74 Å². The van der Waals surface area contributed by atoms with Gasteiger partial charge in [-0.2, -0.15) is 0 Å². The molecule has 20 heavy (non-hydrogen) atoms. The normalized spacial score (nSPS) is 23.1. The Morgan fingerprint density at radius 1 is 1.35 bits per heavy atom. The summed E-state index contributed by atoms with van der Waals surface area (Å²) in [5.41, 5.74) is 1.92. The zero-order valence-electron chi connectivity index (χ0n) is 12.4. The first-order chi connectivity index (χ1) is 9.51. The molecule has 1 heterocycles. The minimum absolute atomic E-state index is 0.00825. The van der Waals surface area contributed by atoms with Gasteiger partial charge >= 0.3 is 0 Å². The molecule has 4 nitrogen and oxygen atoms in total. The molecule has 0 saturated carbocycles. The lowest BCUT2D eigenvalue weighted by Gasteiger charge is -2.36. The number of carbonyl (C=O) groups excluding carboxylic acids is 1. The minimum atomic E-state index is -0.280. The average Bonchev–Trinajstić information content (AvgIpc) is 2.45. The van der Waals surface area contributed by atoms with Crippen LogP contribution in [0.15, 0.2) is 24.3 Å². The molecule has 2 unspecified atom stereocenters. The molecule has 1 aliphatic rings. The van der Waals surface area contributed by atoms with Crippen molar-refractivity contribution in [2.24, 2.45) is 0 Å². The highest BCUT2D eigenvalue weighted by molar-refractivity contribution is 5.94. The Labute approximate surface area is 120 Å². The van der Waals surface area contributed by atoms with E-state index in [2.05, 4.69) is 13.8 Å². The summed E-state index contributed by atoms with van der Waals surface area (Å²) in [6.45, 7) is 7.15. The van der Waals surface area contributed by atoms with Crippen LogP contribution in [0, 0.1) is 0 Å². The van der Waals surface area contributed by atoms with Crippen LogP contribution in [0.1, 0.15) is 42.6 Å². The Hall–Kier alpha value is -1.39. The zero-order valence-corrected chi connectivity index (χ0v) is 12.4. The molecule has 4 heteroatoms. The van der Waals surface area contributed by atoms with E-state index in [1.807, 2.05) is 31.2 Å². The first-order valence-corrected chi connectivity index (χ1v) is 7.16. The van der Waals surface area contributed by atoms with E-state index in [1.54, 1.807) is 4.90 Å². The van der Waals surface area contributed by atoms with Crippen LogP contribution in [0.25, 0.3) is 0 Å². The van der Waals surface area contributed by atoms with E-state index in [4.69, 9.17) is 4.74 Å². The second-order valence-corrected chi connectivity index (χ2v) is 5.74. The number of nitrogens with zero attached hydrogens (tertiary/aromatic N) is 1. The van der Waals surface area contributed by atoms with Gasteiger partial charge in [-0.1, -0.05) is 26.0 Å². The Morgan fingerprint density at radius 3 is 2.55 bits per heavy atom. The zero-order chi connectivity index (χ0) is 14.7. The molecule has 1 aromatic carbocycles. The van der Waals surface area contributed by atoms with Crippen molar-refractivity contribution >= 4 is 5.91 Å². The van der Waals surface area contributed by atoms with Crippen molar-refractivity contribution in [3.05, 3.63) is 35.4 Å². The van der Waals surface area contributed by atoms with Gasteiger partial charge in [0.1, 0.15) is 0 Å². The summed E-state index contributed by atoms with van der Waals surface area (Å²) in [5, 5.41) is 9.21. The summed E-state index contributed by atoms with van der Waals surface area (Å²) in [6, 6.07) is 7.77. The Bertz CT molecular complexity index is 455. The summed E-state index contributed by atoms with van der Waals surface area (Å²) in [6.07, 6.45) is -0.322. The fraction of sp³-hybridized carbons (Fsp3) is 0.562. The smallest absolute Gasteiger partial charge is 0.254 e. The third-order valence-corrected chi connectivity index (χ3v) is 3.64. The summed E-state index contributed by atoms with van der Waals surface area (Å²) in [7, 11) is 0. The molecule has 110 valence electrons. The SMILES string of the molecule is CC1CN(C(=O)c2ccc(C(C)C)cc2)CC(CO)O1. The molecule has 0 bridgehead atoms. The fourth-order valence-corrected chi connectivity index (χ4v) is 2.51. The number of carbonyl (C=O) groups is 1. The molecule has 1 aromatic rings. The van der Waals surface area contributed by atoms with Gasteiger partial charge in [0.05, 0.1) is 18.8 Å². The molecule has 1 aliphatic heterocycles. The van der Waals surface area contributed by atoms with Crippen molar-refractivity contribution in [2.45, 2.75) is 38.9 Å². The lowest BCUT2D eigenvalue weighted by molar-refractivity contribution is -0.0858. The highest BCUT2D eigenvalue weighted by Crippen LogP contribution is 2.18. The number of benzene rings is 1. The van der Waals surface area contributed by atoms with E-state index < -0.39 is 0 Å². The molecule has 1 fully saturated rings. The van der Waals surface area contributed by atoms with Gasteiger partial charge in [-0.3, -0.25) is 4.79 Å².